The van der Waals surface area contributed by atoms with Crippen LogP contribution in [0.3, 0.4) is 0 Å². The zero-order chi connectivity index (χ0) is 13.9. The summed E-state index contributed by atoms with van der Waals surface area (Å²) >= 11 is 0. The summed E-state index contributed by atoms with van der Waals surface area (Å²) in [6.07, 6.45) is 1.52. The number of aryl methyl sites for hydroxylation is 1. The van der Waals surface area contributed by atoms with Crippen molar-refractivity contribution in [2.24, 2.45) is 5.14 Å². The number of hydrogen-bond donors (Lipinski definition) is 3. The van der Waals surface area contributed by atoms with Crippen LogP contribution in [-0.2, 0) is 21.2 Å². The van der Waals surface area contributed by atoms with Gasteiger partial charge in [-0.1, -0.05) is 18.2 Å². The third-order valence-corrected chi connectivity index (χ3v) is 3.82. The molecule has 7 heteroatoms. The molecule has 104 valence electrons. The summed E-state index contributed by atoms with van der Waals surface area (Å²) in [4.78, 5) is 11.9. The lowest BCUT2D eigenvalue weighted by Crippen LogP contribution is -2.43. The first-order valence-corrected chi connectivity index (χ1v) is 7.80. The molecule has 1 aromatic rings. The van der Waals surface area contributed by atoms with Crippen molar-refractivity contribution in [3.05, 3.63) is 29.8 Å². The number of carbonyl (C=O) groups excluding carboxylic acids is 1. The van der Waals surface area contributed by atoms with E-state index in [1.807, 2.05) is 24.3 Å². The Balaban J connectivity index is 1.89. The summed E-state index contributed by atoms with van der Waals surface area (Å²) in [5, 5.41) is 10.6. The van der Waals surface area contributed by atoms with E-state index in [9.17, 15) is 13.2 Å². The normalized spacial score (nSPS) is 18.3. The van der Waals surface area contributed by atoms with Crippen molar-refractivity contribution in [3.8, 4) is 0 Å². The second-order valence-corrected chi connectivity index (χ2v) is 6.28. The monoisotopic (exact) mass is 283 g/mol. The maximum atomic E-state index is 11.9. The van der Waals surface area contributed by atoms with Gasteiger partial charge in [-0.2, -0.15) is 0 Å². The Kier molecular flexibility index (Phi) is 4.06. The number of benzene rings is 1. The van der Waals surface area contributed by atoms with Gasteiger partial charge in [-0.25, -0.2) is 13.6 Å². The second-order valence-electron chi connectivity index (χ2n) is 4.55. The largest absolute Gasteiger partial charge is 0.373 e. The van der Waals surface area contributed by atoms with Crippen LogP contribution in [0.2, 0.25) is 0 Å². The molecular weight excluding hydrogens is 266 g/mol. The van der Waals surface area contributed by atoms with Gasteiger partial charge in [0.15, 0.2) is 0 Å². The fourth-order valence-corrected chi connectivity index (χ4v) is 2.46. The van der Waals surface area contributed by atoms with Gasteiger partial charge in [-0.15, -0.1) is 0 Å². The number of nitrogens with two attached hydrogens (primary N) is 1. The van der Waals surface area contributed by atoms with Crippen LogP contribution in [0.5, 0.6) is 0 Å². The first kappa shape index (κ1) is 13.8. The minimum Gasteiger partial charge on any atom is -0.373 e. The number of amides is 1. The lowest BCUT2D eigenvalue weighted by atomic mass is 9.98. The third-order valence-electron chi connectivity index (χ3n) is 3.05. The molecule has 1 aliphatic heterocycles. The maximum absolute atomic E-state index is 11.9. The highest BCUT2D eigenvalue weighted by atomic mass is 32.2. The molecule has 0 spiro atoms. The van der Waals surface area contributed by atoms with Crippen LogP contribution in [0, 0.1) is 0 Å². The molecule has 0 bridgehead atoms. The van der Waals surface area contributed by atoms with Gasteiger partial charge in [-0.3, -0.25) is 4.79 Å². The third kappa shape index (κ3) is 3.93. The number of para-hydroxylation sites is 1. The summed E-state index contributed by atoms with van der Waals surface area (Å²) < 4.78 is 21.5. The molecule has 19 heavy (non-hydrogen) atoms. The fourth-order valence-electron chi connectivity index (χ4n) is 2.08. The van der Waals surface area contributed by atoms with Crippen LogP contribution in [-0.4, -0.2) is 32.7 Å². The average molecular weight is 283 g/mol. The predicted octanol–water partition coefficient (Wildman–Crippen LogP) is -0.182. The molecule has 0 fully saturated rings. The van der Waals surface area contributed by atoms with Crippen molar-refractivity contribution < 1.29 is 13.2 Å². The van der Waals surface area contributed by atoms with E-state index >= 15 is 0 Å². The average Bonchev–Trinajstić information content (AvgIpc) is 2.36. The van der Waals surface area contributed by atoms with Crippen LogP contribution in [0.1, 0.15) is 12.0 Å². The van der Waals surface area contributed by atoms with Crippen LogP contribution >= 0.6 is 0 Å². The molecule has 1 aliphatic rings. The van der Waals surface area contributed by atoms with Gasteiger partial charge in [0, 0.05) is 12.2 Å². The van der Waals surface area contributed by atoms with Gasteiger partial charge in [0.1, 0.15) is 6.04 Å². The summed E-state index contributed by atoms with van der Waals surface area (Å²) in [7, 11) is -3.53. The van der Waals surface area contributed by atoms with E-state index in [1.54, 1.807) is 0 Å². The molecule has 4 N–H and O–H groups in total. The Morgan fingerprint density at radius 3 is 2.89 bits per heavy atom. The maximum Gasteiger partial charge on any atom is 0.242 e. The van der Waals surface area contributed by atoms with E-state index in [-0.39, 0.29) is 24.2 Å². The fraction of sp³-hybridized carbons (Fsp3) is 0.417. The molecule has 1 heterocycles. The number of hydrogen-bond acceptors (Lipinski definition) is 4. The van der Waals surface area contributed by atoms with E-state index in [1.165, 1.54) is 5.56 Å². The van der Waals surface area contributed by atoms with E-state index < -0.39 is 10.0 Å². The van der Waals surface area contributed by atoms with E-state index in [0.717, 1.165) is 12.1 Å². The highest BCUT2D eigenvalue weighted by Gasteiger charge is 2.23. The van der Waals surface area contributed by atoms with Gasteiger partial charge >= 0.3 is 0 Å². The summed E-state index contributed by atoms with van der Waals surface area (Å²) in [5.41, 5.74) is 2.15. The first-order chi connectivity index (χ1) is 8.96. The smallest absolute Gasteiger partial charge is 0.242 e. The highest BCUT2D eigenvalue weighted by molar-refractivity contribution is 7.89. The van der Waals surface area contributed by atoms with Crippen molar-refractivity contribution in [3.63, 3.8) is 0 Å². The molecule has 0 saturated carbocycles. The molecule has 0 radical (unpaired) electrons. The summed E-state index contributed by atoms with van der Waals surface area (Å²) in [6.45, 7) is 0.0392. The quantitative estimate of drug-likeness (QED) is 0.713. The van der Waals surface area contributed by atoms with Crippen molar-refractivity contribution in [2.45, 2.75) is 18.9 Å². The van der Waals surface area contributed by atoms with Gasteiger partial charge in [0.2, 0.25) is 15.9 Å². The minimum atomic E-state index is -3.53. The van der Waals surface area contributed by atoms with Crippen molar-refractivity contribution in [1.29, 1.82) is 0 Å². The van der Waals surface area contributed by atoms with E-state index in [0.29, 0.717) is 6.42 Å². The van der Waals surface area contributed by atoms with Crippen LogP contribution in [0.4, 0.5) is 5.69 Å². The number of primary sulfonamides is 1. The van der Waals surface area contributed by atoms with Crippen molar-refractivity contribution in [1.82, 2.24) is 5.32 Å². The van der Waals surface area contributed by atoms with Gasteiger partial charge in [0.05, 0.1) is 5.75 Å². The number of sulfonamides is 1. The van der Waals surface area contributed by atoms with Crippen molar-refractivity contribution >= 4 is 21.6 Å². The van der Waals surface area contributed by atoms with E-state index in [2.05, 4.69) is 10.6 Å². The zero-order valence-corrected chi connectivity index (χ0v) is 11.2. The SMILES string of the molecule is NS(=O)(=O)CCNC(=O)C1CCc2ccccc2N1. The minimum absolute atomic E-state index is 0.0392. The Hall–Kier alpha value is -1.60. The molecule has 0 saturated heterocycles. The zero-order valence-electron chi connectivity index (χ0n) is 10.4. The molecule has 1 atom stereocenters. The standard InChI is InChI=1S/C12H17N3O3S/c13-19(17,18)8-7-14-12(16)11-6-5-9-3-1-2-4-10(9)15-11/h1-4,11,15H,5-8H2,(H,14,16)(H2,13,17,18). The lowest BCUT2D eigenvalue weighted by molar-refractivity contribution is -0.121. The summed E-state index contributed by atoms with van der Waals surface area (Å²) in [6, 6.07) is 7.51. The number of nitrogens with one attached hydrogen (secondary N) is 2. The Morgan fingerprint density at radius 1 is 1.42 bits per heavy atom. The van der Waals surface area contributed by atoms with Crippen molar-refractivity contribution in [2.75, 3.05) is 17.6 Å². The molecule has 6 nitrogen and oxygen atoms in total. The molecule has 1 aromatic carbocycles. The molecule has 1 unspecified atom stereocenters. The number of anilines is 1. The molecule has 0 aliphatic carbocycles. The molecule has 0 aromatic heterocycles. The Morgan fingerprint density at radius 2 is 2.16 bits per heavy atom. The Labute approximate surface area is 112 Å². The number of fused-ring (bicyclic) bond motifs is 1. The summed E-state index contributed by atoms with van der Waals surface area (Å²) in [5.74, 6) is -0.444. The first-order valence-electron chi connectivity index (χ1n) is 6.08. The number of carbonyl (C=O) groups is 1. The van der Waals surface area contributed by atoms with E-state index in [4.69, 9.17) is 5.14 Å². The molecular formula is C12H17N3O3S. The van der Waals surface area contributed by atoms with Crippen LogP contribution in [0.15, 0.2) is 24.3 Å². The number of rotatable bonds is 4. The second kappa shape index (κ2) is 5.58. The van der Waals surface area contributed by atoms with Crippen LogP contribution in [0.25, 0.3) is 0 Å². The molecule has 2 rings (SSSR count). The van der Waals surface area contributed by atoms with Gasteiger partial charge < -0.3 is 10.6 Å². The lowest BCUT2D eigenvalue weighted by Gasteiger charge is -2.26. The highest BCUT2D eigenvalue weighted by Crippen LogP contribution is 2.24. The van der Waals surface area contributed by atoms with Crippen LogP contribution < -0.4 is 15.8 Å². The topological polar surface area (TPSA) is 101 Å². The molecule has 1 amide bonds. The van der Waals surface area contributed by atoms with Gasteiger partial charge in [-0.05, 0) is 24.5 Å². The Bertz CT molecular complexity index is 571. The van der Waals surface area contributed by atoms with Gasteiger partial charge in [0.25, 0.3) is 0 Å². The predicted molar refractivity (Wildman–Crippen MR) is 73.2 cm³/mol.